The third-order valence-corrected chi connectivity index (χ3v) is 6.03. The number of ether oxygens (including phenoxy) is 1. The Bertz CT molecular complexity index is 478. The van der Waals surface area contributed by atoms with Gasteiger partial charge in [-0.2, -0.15) is 0 Å². The van der Waals surface area contributed by atoms with Gasteiger partial charge in [-0.1, -0.05) is 89.7 Å². The average Bonchev–Trinajstić information content (AvgIpc) is 2.63. The molecule has 28 heavy (non-hydrogen) atoms. The quantitative estimate of drug-likeness (QED) is 0.212. The van der Waals surface area contributed by atoms with E-state index in [1.54, 1.807) is 0 Å². The van der Waals surface area contributed by atoms with Crippen molar-refractivity contribution in [1.29, 1.82) is 0 Å². The van der Waals surface area contributed by atoms with Gasteiger partial charge in [-0.05, 0) is 64.4 Å². The van der Waals surface area contributed by atoms with Crippen LogP contribution in [0.25, 0.3) is 0 Å². The monoisotopic (exact) mass is 390 g/mol. The molecule has 1 nitrogen and oxygen atoms in total. The Kier molecular flexibility index (Phi) is 15.6. The third-order valence-electron chi connectivity index (χ3n) is 6.03. The minimum atomic E-state index is 0. The van der Waals surface area contributed by atoms with Gasteiger partial charge in [-0.15, -0.1) is 0 Å². The first-order valence-electron chi connectivity index (χ1n) is 11.6. The molecular weight excluding hydrogens is 340 g/mol. The highest BCUT2D eigenvalue weighted by Gasteiger charge is 2.26. The van der Waals surface area contributed by atoms with Crippen molar-refractivity contribution in [2.75, 3.05) is 6.61 Å². The zero-order valence-electron chi connectivity index (χ0n) is 19.2. The van der Waals surface area contributed by atoms with Crippen LogP contribution in [0.4, 0.5) is 0 Å². The molecule has 0 N–H and O–H groups in total. The van der Waals surface area contributed by atoms with Crippen molar-refractivity contribution in [3.05, 3.63) is 34.9 Å². The molecule has 0 saturated heterocycles. The Morgan fingerprint density at radius 3 is 2.43 bits per heavy atom. The Morgan fingerprint density at radius 1 is 1.07 bits per heavy atom. The molecule has 3 unspecified atom stereocenters. The van der Waals surface area contributed by atoms with Crippen molar-refractivity contribution in [3.63, 3.8) is 0 Å². The summed E-state index contributed by atoms with van der Waals surface area (Å²) in [6.45, 7) is 14.6. The van der Waals surface area contributed by atoms with E-state index in [1.807, 2.05) is 0 Å². The van der Waals surface area contributed by atoms with Gasteiger partial charge in [0, 0.05) is 12.5 Å². The fourth-order valence-corrected chi connectivity index (χ4v) is 3.83. The van der Waals surface area contributed by atoms with E-state index in [0.29, 0.717) is 12.0 Å². The largest absolute Gasteiger partial charge is 0.373 e. The van der Waals surface area contributed by atoms with Crippen LogP contribution in [0.2, 0.25) is 0 Å². The van der Waals surface area contributed by atoms with Gasteiger partial charge in [-0.25, -0.2) is 0 Å². The average molecular weight is 391 g/mol. The summed E-state index contributed by atoms with van der Waals surface area (Å²) < 4.78 is 6.41. The number of rotatable bonds is 14. The molecule has 0 spiro atoms. The van der Waals surface area contributed by atoms with E-state index in [0.717, 1.165) is 12.5 Å². The van der Waals surface area contributed by atoms with Gasteiger partial charge in [0.2, 0.25) is 0 Å². The Hall–Kier alpha value is -0.820. The molecule has 0 aromatic heterocycles. The van der Waals surface area contributed by atoms with E-state index in [4.69, 9.17) is 4.74 Å². The summed E-state index contributed by atoms with van der Waals surface area (Å²) in [4.78, 5) is 0. The zero-order chi connectivity index (χ0) is 20.1. The van der Waals surface area contributed by atoms with Gasteiger partial charge in [0.1, 0.15) is 0 Å². The van der Waals surface area contributed by atoms with Crippen molar-refractivity contribution in [2.45, 2.75) is 119 Å². The first kappa shape index (κ1) is 27.2. The molecule has 0 amide bonds. The highest BCUT2D eigenvalue weighted by Crippen LogP contribution is 2.32. The number of allylic oxidation sites excluding steroid dienone is 4. The summed E-state index contributed by atoms with van der Waals surface area (Å²) in [5, 5.41) is 0. The van der Waals surface area contributed by atoms with Crippen LogP contribution < -0.4 is 0 Å². The van der Waals surface area contributed by atoms with Crippen LogP contribution in [-0.2, 0) is 4.74 Å². The number of hydrogen-bond donors (Lipinski definition) is 0. The molecule has 0 saturated carbocycles. The van der Waals surface area contributed by atoms with E-state index in [2.05, 4.69) is 59.8 Å². The molecular formula is C27H50O. The summed E-state index contributed by atoms with van der Waals surface area (Å²) in [6.07, 6.45) is 20.3. The van der Waals surface area contributed by atoms with E-state index in [-0.39, 0.29) is 7.43 Å². The van der Waals surface area contributed by atoms with E-state index in [9.17, 15) is 0 Å². The Labute approximate surface area is 177 Å². The Morgan fingerprint density at radius 2 is 1.75 bits per heavy atom. The summed E-state index contributed by atoms with van der Waals surface area (Å²) >= 11 is 0. The van der Waals surface area contributed by atoms with E-state index < -0.39 is 0 Å². The molecule has 0 aliphatic heterocycles. The van der Waals surface area contributed by atoms with Gasteiger partial charge >= 0.3 is 0 Å². The summed E-state index contributed by atoms with van der Waals surface area (Å²) in [5.74, 6) is 1.30. The van der Waals surface area contributed by atoms with Crippen molar-refractivity contribution in [1.82, 2.24) is 0 Å². The fraction of sp³-hybridized carbons (Fsp3) is 0.778. The molecule has 0 bridgehead atoms. The molecule has 164 valence electrons. The van der Waals surface area contributed by atoms with Gasteiger partial charge in [0.25, 0.3) is 0 Å². The Balaban J connectivity index is 0.00000729. The van der Waals surface area contributed by atoms with Crippen LogP contribution in [0, 0.1) is 11.8 Å². The van der Waals surface area contributed by atoms with Crippen molar-refractivity contribution >= 4 is 0 Å². The smallest absolute Gasteiger partial charge is 0.0850 e. The predicted molar refractivity (Wildman–Crippen MR) is 128 cm³/mol. The molecule has 0 aromatic rings. The van der Waals surface area contributed by atoms with Gasteiger partial charge in [0.05, 0.1) is 6.10 Å². The second kappa shape index (κ2) is 16.0. The highest BCUT2D eigenvalue weighted by atomic mass is 16.5. The standard InChI is InChI=1S/C26H46O.CH4/c1-7-8-9-10-11-12-20-27-26-24(6)23(5)17-19-25(26)18-16-22(4)15-13-14-21(2)3;/h14,17,19,22,24,26H,7-13,15-16,18,20H2,1-6H3;1H4. The molecule has 0 fully saturated rings. The normalized spacial score (nSPS) is 20.1. The van der Waals surface area contributed by atoms with Crippen molar-refractivity contribution < 1.29 is 4.74 Å². The SMILES string of the molecule is C.CCCCCCCCOC1C(CCC(C)CCC=C(C)C)=CC=C(C)C1C. The highest BCUT2D eigenvalue weighted by molar-refractivity contribution is 5.29. The summed E-state index contributed by atoms with van der Waals surface area (Å²) in [6, 6.07) is 0. The predicted octanol–water partition coefficient (Wildman–Crippen LogP) is 9.05. The fourth-order valence-electron chi connectivity index (χ4n) is 3.83. The lowest BCUT2D eigenvalue weighted by atomic mass is 9.83. The third kappa shape index (κ3) is 11.2. The minimum Gasteiger partial charge on any atom is -0.373 e. The topological polar surface area (TPSA) is 9.23 Å². The van der Waals surface area contributed by atoms with Crippen LogP contribution in [-0.4, -0.2) is 12.7 Å². The van der Waals surface area contributed by atoms with Crippen molar-refractivity contribution in [2.24, 2.45) is 11.8 Å². The molecule has 0 aromatic carbocycles. The maximum absolute atomic E-state index is 6.41. The summed E-state index contributed by atoms with van der Waals surface area (Å²) in [5.41, 5.74) is 4.42. The van der Waals surface area contributed by atoms with E-state index >= 15 is 0 Å². The van der Waals surface area contributed by atoms with E-state index in [1.165, 1.54) is 80.9 Å². The van der Waals surface area contributed by atoms with Crippen LogP contribution in [0.15, 0.2) is 34.9 Å². The lowest BCUT2D eigenvalue weighted by molar-refractivity contribution is 0.0453. The minimum absolute atomic E-state index is 0. The lowest BCUT2D eigenvalue weighted by Gasteiger charge is -2.31. The van der Waals surface area contributed by atoms with Crippen LogP contribution in [0.3, 0.4) is 0 Å². The van der Waals surface area contributed by atoms with Gasteiger partial charge < -0.3 is 4.74 Å². The maximum atomic E-state index is 6.41. The summed E-state index contributed by atoms with van der Waals surface area (Å²) in [7, 11) is 0. The first-order chi connectivity index (χ1) is 13.0. The molecule has 1 aliphatic rings. The van der Waals surface area contributed by atoms with Gasteiger partial charge in [-0.3, -0.25) is 0 Å². The lowest BCUT2D eigenvalue weighted by Crippen LogP contribution is -2.28. The second-order valence-electron chi connectivity index (χ2n) is 9.00. The van der Waals surface area contributed by atoms with Crippen LogP contribution in [0.5, 0.6) is 0 Å². The molecule has 0 radical (unpaired) electrons. The molecule has 3 atom stereocenters. The van der Waals surface area contributed by atoms with Crippen LogP contribution >= 0.6 is 0 Å². The first-order valence-corrected chi connectivity index (χ1v) is 11.6. The molecule has 1 aliphatic carbocycles. The maximum Gasteiger partial charge on any atom is 0.0850 e. The molecule has 1 rings (SSSR count). The zero-order valence-corrected chi connectivity index (χ0v) is 19.2. The van der Waals surface area contributed by atoms with Crippen molar-refractivity contribution in [3.8, 4) is 0 Å². The second-order valence-corrected chi connectivity index (χ2v) is 9.00. The number of unbranched alkanes of at least 4 members (excludes halogenated alkanes) is 5. The van der Waals surface area contributed by atoms with Crippen LogP contribution in [0.1, 0.15) is 113 Å². The number of hydrogen-bond acceptors (Lipinski definition) is 1. The van der Waals surface area contributed by atoms with Gasteiger partial charge in [0.15, 0.2) is 0 Å². The molecule has 0 heterocycles. The molecule has 1 heteroatoms.